The Labute approximate surface area is 316 Å². The van der Waals surface area contributed by atoms with Crippen LogP contribution in [-0.2, 0) is 0 Å². The largest absolute Gasteiger partial charge is 0.460 e. The summed E-state index contributed by atoms with van der Waals surface area (Å²) in [4.78, 5) is 0. The van der Waals surface area contributed by atoms with Gasteiger partial charge in [0.05, 0.1) is 0 Å². The summed E-state index contributed by atoms with van der Waals surface area (Å²) in [6.07, 6.45) is -17.4. The molecule has 26 heteroatoms. The highest BCUT2D eigenvalue weighted by molar-refractivity contribution is 5.08. The smallest absolute Gasteiger partial charge is 0.217 e. The van der Waals surface area contributed by atoms with Gasteiger partial charge in [0.15, 0.2) is 0 Å². The number of hydrogen-bond acceptors (Lipinski definition) is 0. The first-order valence-electron chi connectivity index (χ1n) is 17.5. The van der Waals surface area contributed by atoms with Crippen LogP contribution < -0.4 is 0 Å². The molecule has 0 aromatic heterocycles. The SMILES string of the molecule is C1CCCCC1.CC.CC(F)(F)C(F)(F)F.FC(F)(F)C(F)(C(F)(F)F)C(F)(F)C1CCCCC1.FC(F)(F)C(F)(F)C(F)(F)C(F)(F)C1CCCCC1.FC(F)F. The lowest BCUT2D eigenvalue weighted by Crippen LogP contribution is -2.66. The van der Waals surface area contributed by atoms with Crippen molar-refractivity contribution in [2.45, 2.75) is 190 Å². The molecule has 0 N–H and O–H groups in total. The summed E-state index contributed by atoms with van der Waals surface area (Å²) in [6.45, 7) is 0.146. The normalized spacial score (nSPS) is 18.7. The van der Waals surface area contributed by atoms with Gasteiger partial charge < -0.3 is 0 Å². The molecule has 0 bridgehead atoms. The third-order valence-electron chi connectivity index (χ3n) is 8.64. The van der Waals surface area contributed by atoms with Crippen LogP contribution in [0.3, 0.4) is 0 Å². The van der Waals surface area contributed by atoms with E-state index in [1.54, 1.807) is 0 Å². The third-order valence-corrected chi connectivity index (χ3v) is 8.64. The summed E-state index contributed by atoms with van der Waals surface area (Å²) < 4.78 is 311. The number of rotatable bonds is 5. The molecule has 0 nitrogen and oxygen atoms in total. The molecule has 0 amide bonds. The molecule has 0 heterocycles. The number of alkyl halides is 26. The summed E-state index contributed by atoms with van der Waals surface area (Å²) in [6, 6.07) is 0. The molecule has 0 aromatic rings. The van der Waals surface area contributed by atoms with E-state index >= 15 is 0 Å². The lowest BCUT2D eigenvalue weighted by molar-refractivity contribution is -0.405. The zero-order chi connectivity index (χ0) is 47.0. The Balaban J connectivity index is -0.000000717. The van der Waals surface area contributed by atoms with E-state index in [2.05, 4.69) is 0 Å². The minimum Gasteiger partial charge on any atom is -0.217 e. The molecule has 0 aliphatic heterocycles. The topological polar surface area (TPSA) is 0 Å². The Morgan fingerprint density at radius 3 is 0.724 bits per heavy atom. The van der Waals surface area contributed by atoms with E-state index in [4.69, 9.17) is 0 Å². The van der Waals surface area contributed by atoms with Gasteiger partial charge in [-0.3, -0.25) is 0 Å². The van der Waals surface area contributed by atoms with Crippen LogP contribution in [-0.4, -0.2) is 66.7 Å². The first-order valence-corrected chi connectivity index (χ1v) is 17.5. The van der Waals surface area contributed by atoms with Gasteiger partial charge in [0.2, 0.25) is 0 Å². The van der Waals surface area contributed by atoms with E-state index in [1.165, 1.54) is 38.5 Å². The van der Waals surface area contributed by atoms with Crippen molar-refractivity contribution < 1.29 is 114 Å². The molecule has 3 fully saturated rings. The van der Waals surface area contributed by atoms with Gasteiger partial charge in [-0.1, -0.05) is 90.9 Å². The van der Waals surface area contributed by atoms with Crippen LogP contribution in [0.5, 0.6) is 0 Å². The minimum absolute atomic E-state index is 0.0616. The summed E-state index contributed by atoms with van der Waals surface area (Å²) in [5.74, 6) is -33.1. The van der Waals surface area contributed by atoms with Crippen molar-refractivity contribution in [3.63, 3.8) is 0 Å². The van der Waals surface area contributed by atoms with E-state index in [0.29, 0.717) is 12.8 Å². The van der Waals surface area contributed by atoms with Crippen LogP contribution in [0, 0.1) is 11.8 Å². The van der Waals surface area contributed by atoms with Gasteiger partial charge in [0.1, 0.15) is 0 Å². The third kappa shape index (κ3) is 16.9. The minimum atomic E-state index is -6.76. The molecule has 3 rings (SSSR count). The second-order valence-corrected chi connectivity index (χ2v) is 13.0. The van der Waals surface area contributed by atoms with Crippen molar-refractivity contribution in [3.8, 4) is 0 Å². The first kappa shape index (κ1) is 60.5. The fourth-order valence-electron chi connectivity index (χ4n) is 5.45. The van der Waals surface area contributed by atoms with Crippen molar-refractivity contribution in [1.82, 2.24) is 0 Å². The molecule has 0 saturated heterocycles. The molecule has 3 aliphatic carbocycles. The molecular weight excluding hydrogens is 878 g/mol. The highest BCUT2D eigenvalue weighted by Gasteiger charge is 2.85. The molecular formula is C32H44F26. The van der Waals surface area contributed by atoms with Crippen molar-refractivity contribution in [3.05, 3.63) is 0 Å². The van der Waals surface area contributed by atoms with Gasteiger partial charge in [0, 0.05) is 18.8 Å². The quantitative estimate of drug-likeness (QED) is 0.241. The van der Waals surface area contributed by atoms with Gasteiger partial charge in [-0.2, -0.15) is 101 Å². The van der Waals surface area contributed by atoms with Crippen LogP contribution >= 0.6 is 0 Å². The summed E-state index contributed by atoms with van der Waals surface area (Å²) in [7, 11) is 0. The predicted molar refractivity (Wildman–Crippen MR) is 158 cm³/mol. The van der Waals surface area contributed by atoms with Crippen molar-refractivity contribution in [1.29, 1.82) is 0 Å². The van der Waals surface area contributed by atoms with Crippen LogP contribution in [0.25, 0.3) is 0 Å². The van der Waals surface area contributed by atoms with Crippen LogP contribution in [0.1, 0.15) is 124 Å². The lowest BCUT2D eigenvalue weighted by atomic mass is 9.77. The Morgan fingerprint density at radius 1 is 0.328 bits per heavy atom. The lowest BCUT2D eigenvalue weighted by Gasteiger charge is -2.41. The van der Waals surface area contributed by atoms with E-state index in [9.17, 15) is 114 Å². The molecule has 0 aromatic carbocycles. The maximum Gasteiger partial charge on any atom is 0.460 e. The molecule has 354 valence electrons. The van der Waals surface area contributed by atoms with Crippen molar-refractivity contribution >= 4 is 0 Å². The van der Waals surface area contributed by atoms with Crippen molar-refractivity contribution in [2.24, 2.45) is 11.8 Å². The second kappa shape index (κ2) is 23.4. The molecule has 0 unspecified atom stereocenters. The van der Waals surface area contributed by atoms with E-state index in [0.717, 1.165) is 0 Å². The maximum atomic E-state index is 13.5. The summed E-state index contributed by atoms with van der Waals surface area (Å²) >= 11 is 0. The van der Waals surface area contributed by atoms with Gasteiger partial charge >= 0.3 is 66.7 Å². The average molecular weight is 923 g/mol. The van der Waals surface area contributed by atoms with Crippen molar-refractivity contribution in [2.75, 3.05) is 0 Å². The highest BCUT2D eigenvalue weighted by Crippen LogP contribution is 2.59. The van der Waals surface area contributed by atoms with Gasteiger partial charge in [-0.05, 0) is 25.7 Å². The van der Waals surface area contributed by atoms with Crippen LogP contribution in [0.2, 0.25) is 0 Å². The molecule has 0 atom stereocenters. The Hall–Kier alpha value is -1.82. The first-order chi connectivity index (χ1) is 25.7. The zero-order valence-electron chi connectivity index (χ0n) is 30.9. The molecule has 58 heavy (non-hydrogen) atoms. The molecule has 0 spiro atoms. The monoisotopic (exact) mass is 922 g/mol. The summed E-state index contributed by atoms with van der Waals surface area (Å²) in [5.41, 5.74) is -6.50. The fourth-order valence-corrected chi connectivity index (χ4v) is 5.45. The van der Waals surface area contributed by atoms with E-state index in [-0.39, 0.29) is 32.6 Å². The maximum absolute atomic E-state index is 13.5. The second-order valence-electron chi connectivity index (χ2n) is 13.0. The zero-order valence-corrected chi connectivity index (χ0v) is 30.9. The van der Waals surface area contributed by atoms with E-state index < -0.39 is 104 Å². The molecule has 3 saturated carbocycles. The van der Waals surface area contributed by atoms with Gasteiger partial charge in [-0.15, -0.1) is 0 Å². The standard InChI is InChI=1S/2C10H11F9.C6H12.C3H3F5.C2H6.CHF3/c11-7(12,6-4-2-1-3-5-6)8(13,14)9(15,16)10(17,18)19;11-7(12,6-4-2-1-3-5-6)8(13,9(14,15)16)10(17,18)19;1-2-4-6-5-3-1;1-2(4,5)3(6,7)8;1-2;2-1(3)4/h2*6H,1-5H2;1-6H2;1H3;1-2H3;1H. The van der Waals surface area contributed by atoms with Crippen LogP contribution in [0.4, 0.5) is 114 Å². The number of hydrogen-bond donors (Lipinski definition) is 0. The fraction of sp³-hybridized carbons (Fsp3) is 1.00. The van der Waals surface area contributed by atoms with E-state index in [1.807, 2.05) is 13.8 Å². The van der Waals surface area contributed by atoms with Gasteiger partial charge in [0.25, 0.3) is 0 Å². The molecule has 0 radical (unpaired) electrons. The number of halogens is 26. The highest BCUT2D eigenvalue weighted by atomic mass is 19.5. The predicted octanol–water partition coefficient (Wildman–Crippen LogP) is 16.8. The van der Waals surface area contributed by atoms with Gasteiger partial charge in [-0.25, -0.2) is 13.2 Å². The molecule has 3 aliphatic rings. The van der Waals surface area contributed by atoms with Crippen LogP contribution in [0.15, 0.2) is 0 Å². The Morgan fingerprint density at radius 2 is 0.534 bits per heavy atom. The Bertz CT molecular complexity index is 1020. The summed E-state index contributed by atoms with van der Waals surface area (Å²) in [5, 5.41) is 0. The average Bonchev–Trinajstić information content (AvgIpc) is 3.08. The Kier molecular flexibility index (Phi) is 24.4.